The smallest absolute Gasteiger partial charge is 0.127 e. The fourth-order valence-corrected chi connectivity index (χ4v) is 3.76. The molecule has 0 aliphatic rings. The Balaban J connectivity index is 1.97. The number of hydrogen-bond acceptors (Lipinski definition) is 4. The van der Waals surface area contributed by atoms with Gasteiger partial charge in [0.1, 0.15) is 11.5 Å². The summed E-state index contributed by atoms with van der Waals surface area (Å²) in [5, 5.41) is 4.15. The van der Waals surface area contributed by atoms with Gasteiger partial charge in [-0.2, -0.15) is 0 Å². The molecule has 3 rings (SSSR count). The van der Waals surface area contributed by atoms with Crippen LogP contribution in [0.15, 0.2) is 47.2 Å². The molecule has 134 valence electrons. The van der Waals surface area contributed by atoms with Crippen LogP contribution < -0.4 is 9.47 Å². The van der Waals surface area contributed by atoms with Crippen LogP contribution in [0.5, 0.6) is 11.5 Å². The van der Waals surface area contributed by atoms with E-state index in [1.165, 1.54) is 9.75 Å². The third-order valence-electron chi connectivity index (χ3n) is 3.68. The van der Waals surface area contributed by atoms with E-state index in [0.717, 1.165) is 22.6 Å². The van der Waals surface area contributed by atoms with Crippen LogP contribution in [-0.2, 0) is 0 Å². The van der Waals surface area contributed by atoms with Gasteiger partial charge in [0.2, 0.25) is 0 Å². The van der Waals surface area contributed by atoms with Crippen molar-refractivity contribution in [2.45, 2.75) is 13.8 Å². The zero-order valence-electron chi connectivity index (χ0n) is 15.0. The van der Waals surface area contributed by atoms with Gasteiger partial charge in [0.15, 0.2) is 0 Å². The van der Waals surface area contributed by atoms with Crippen LogP contribution in [0, 0.1) is 0 Å². The maximum absolute atomic E-state index is 5.88. The summed E-state index contributed by atoms with van der Waals surface area (Å²) in [6.45, 7) is 5.26. The van der Waals surface area contributed by atoms with Gasteiger partial charge in [-0.3, -0.25) is 0 Å². The quantitative estimate of drug-likeness (QED) is 0.420. The molecule has 0 saturated carbocycles. The van der Waals surface area contributed by atoms with Crippen LogP contribution in [0.2, 0.25) is 0 Å². The standard InChI is InChI=1S/C22H22O2S2/c1-3-23-21-15-18(10-12-20-8-6-14-26-20)22(24-4-2)16-17(21)9-11-19-7-5-13-25-19/h5-16H,3-4H2,1-2H3/b11-9-,12-10+. The monoisotopic (exact) mass is 382 g/mol. The first kappa shape index (κ1) is 18.5. The van der Waals surface area contributed by atoms with Crippen molar-refractivity contribution in [1.29, 1.82) is 0 Å². The molecular formula is C22H22O2S2. The van der Waals surface area contributed by atoms with Crippen molar-refractivity contribution < 1.29 is 9.47 Å². The van der Waals surface area contributed by atoms with Gasteiger partial charge in [-0.15, -0.1) is 22.7 Å². The molecule has 4 heteroatoms. The van der Waals surface area contributed by atoms with E-state index >= 15 is 0 Å². The number of rotatable bonds is 8. The molecule has 0 bridgehead atoms. The van der Waals surface area contributed by atoms with Gasteiger partial charge < -0.3 is 9.47 Å². The second-order valence-corrected chi connectivity index (χ2v) is 7.45. The molecular weight excluding hydrogens is 360 g/mol. The minimum absolute atomic E-state index is 0.627. The maximum Gasteiger partial charge on any atom is 0.127 e. The van der Waals surface area contributed by atoms with E-state index in [9.17, 15) is 0 Å². The molecule has 0 aliphatic heterocycles. The average molecular weight is 383 g/mol. The third-order valence-corrected chi connectivity index (χ3v) is 5.36. The highest BCUT2D eigenvalue weighted by molar-refractivity contribution is 7.11. The zero-order valence-corrected chi connectivity index (χ0v) is 16.6. The molecule has 0 amide bonds. The van der Waals surface area contributed by atoms with Crippen LogP contribution in [-0.4, -0.2) is 13.2 Å². The molecule has 3 aromatic rings. The lowest BCUT2D eigenvalue weighted by atomic mass is 10.1. The van der Waals surface area contributed by atoms with E-state index in [2.05, 4.69) is 71.5 Å². The maximum atomic E-state index is 5.88. The topological polar surface area (TPSA) is 18.5 Å². The second kappa shape index (κ2) is 9.41. The van der Waals surface area contributed by atoms with Gasteiger partial charge in [0.25, 0.3) is 0 Å². The highest BCUT2D eigenvalue weighted by Gasteiger charge is 2.09. The van der Waals surface area contributed by atoms with Gasteiger partial charge in [0.05, 0.1) is 13.2 Å². The molecule has 0 radical (unpaired) electrons. The summed E-state index contributed by atoms with van der Waals surface area (Å²) in [5.41, 5.74) is 2.05. The van der Waals surface area contributed by atoms with Crippen molar-refractivity contribution in [3.8, 4) is 11.5 Å². The van der Waals surface area contributed by atoms with Gasteiger partial charge in [-0.1, -0.05) is 12.1 Å². The Morgan fingerprint density at radius 2 is 1.19 bits per heavy atom. The van der Waals surface area contributed by atoms with E-state index in [0.29, 0.717) is 13.2 Å². The van der Waals surface area contributed by atoms with Crippen molar-refractivity contribution in [3.63, 3.8) is 0 Å². The van der Waals surface area contributed by atoms with Crippen LogP contribution in [0.25, 0.3) is 24.3 Å². The van der Waals surface area contributed by atoms with Crippen LogP contribution in [0.1, 0.15) is 34.7 Å². The van der Waals surface area contributed by atoms with Gasteiger partial charge in [-0.05, 0) is 73.2 Å². The van der Waals surface area contributed by atoms with Crippen LogP contribution in [0.3, 0.4) is 0 Å². The number of hydrogen-bond donors (Lipinski definition) is 0. The Labute approximate surface area is 163 Å². The summed E-state index contributed by atoms with van der Waals surface area (Å²) in [6.07, 6.45) is 8.40. The second-order valence-electron chi connectivity index (χ2n) is 5.49. The third kappa shape index (κ3) is 4.87. The first-order valence-electron chi connectivity index (χ1n) is 8.67. The SMILES string of the molecule is CCOc1cc(/C=C/c2cccs2)c(OCC)cc1/C=C\c1cccs1. The molecule has 2 aromatic heterocycles. The minimum Gasteiger partial charge on any atom is -0.493 e. The Morgan fingerprint density at radius 1 is 0.731 bits per heavy atom. The summed E-state index contributed by atoms with van der Waals surface area (Å²) in [4.78, 5) is 2.43. The highest BCUT2D eigenvalue weighted by Crippen LogP contribution is 2.32. The number of benzene rings is 1. The molecule has 26 heavy (non-hydrogen) atoms. The summed E-state index contributed by atoms with van der Waals surface area (Å²) >= 11 is 3.43. The van der Waals surface area contributed by atoms with Gasteiger partial charge in [-0.25, -0.2) is 0 Å². The summed E-state index contributed by atoms with van der Waals surface area (Å²) in [6, 6.07) is 12.4. The van der Waals surface area contributed by atoms with Crippen molar-refractivity contribution in [2.24, 2.45) is 0 Å². The molecule has 2 nitrogen and oxygen atoms in total. The van der Waals surface area contributed by atoms with E-state index in [-0.39, 0.29) is 0 Å². The first-order chi connectivity index (χ1) is 12.8. The van der Waals surface area contributed by atoms with E-state index in [1.54, 1.807) is 22.7 Å². The van der Waals surface area contributed by atoms with Gasteiger partial charge in [0, 0.05) is 20.9 Å². The Kier molecular flexibility index (Phi) is 6.69. The molecule has 0 saturated heterocycles. The largest absolute Gasteiger partial charge is 0.493 e. The number of ether oxygens (including phenoxy) is 2. The first-order valence-corrected chi connectivity index (χ1v) is 10.4. The predicted molar refractivity (Wildman–Crippen MR) is 115 cm³/mol. The lowest BCUT2D eigenvalue weighted by Crippen LogP contribution is -1.99. The Morgan fingerprint density at radius 3 is 1.54 bits per heavy atom. The lowest BCUT2D eigenvalue weighted by Gasteiger charge is -2.13. The van der Waals surface area contributed by atoms with Crippen molar-refractivity contribution >= 4 is 47.0 Å². The number of thiophene rings is 2. The predicted octanol–water partition coefficient (Wildman–Crippen LogP) is 6.95. The van der Waals surface area contributed by atoms with Crippen LogP contribution in [0.4, 0.5) is 0 Å². The minimum atomic E-state index is 0.627. The molecule has 0 atom stereocenters. The molecule has 0 aliphatic carbocycles. The molecule has 2 heterocycles. The summed E-state index contributed by atoms with van der Waals surface area (Å²) in [5.74, 6) is 1.74. The fraction of sp³-hybridized carbons (Fsp3) is 0.182. The summed E-state index contributed by atoms with van der Waals surface area (Å²) in [7, 11) is 0. The summed E-state index contributed by atoms with van der Waals surface area (Å²) < 4.78 is 11.8. The van der Waals surface area contributed by atoms with Crippen molar-refractivity contribution in [1.82, 2.24) is 0 Å². The Hall–Kier alpha value is -2.30. The van der Waals surface area contributed by atoms with Crippen molar-refractivity contribution in [2.75, 3.05) is 13.2 Å². The molecule has 1 aromatic carbocycles. The lowest BCUT2D eigenvalue weighted by molar-refractivity contribution is 0.329. The van der Waals surface area contributed by atoms with Gasteiger partial charge >= 0.3 is 0 Å². The van der Waals surface area contributed by atoms with E-state index in [1.807, 2.05) is 13.8 Å². The van der Waals surface area contributed by atoms with E-state index in [4.69, 9.17) is 9.47 Å². The van der Waals surface area contributed by atoms with Crippen LogP contribution >= 0.6 is 22.7 Å². The molecule has 0 unspecified atom stereocenters. The van der Waals surface area contributed by atoms with E-state index < -0.39 is 0 Å². The van der Waals surface area contributed by atoms with Crippen molar-refractivity contribution in [3.05, 3.63) is 68.0 Å². The normalized spacial score (nSPS) is 11.5. The highest BCUT2D eigenvalue weighted by atomic mass is 32.1. The zero-order chi connectivity index (χ0) is 18.2. The molecule has 0 N–H and O–H groups in total. The average Bonchev–Trinajstić information content (AvgIpc) is 3.34. The molecule has 0 spiro atoms. The molecule has 0 fully saturated rings. The Bertz CT molecular complexity index is 786. The fourth-order valence-electron chi connectivity index (χ4n) is 2.53.